The average Bonchev–Trinajstić information content (AvgIpc) is 3.70. The average molecular weight is 728 g/mol. The van der Waals surface area contributed by atoms with Crippen LogP contribution in [0.25, 0.3) is 44.2 Å². The van der Waals surface area contributed by atoms with Gasteiger partial charge < -0.3 is 4.90 Å². The number of fused-ring (bicyclic) bond motifs is 7. The van der Waals surface area contributed by atoms with E-state index in [1.54, 1.807) is 0 Å². The molecule has 0 atom stereocenters. The number of rotatable bonds is 6. The van der Waals surface area contributed by atoms with Crippen molar-refractivity contribution < 1.29 is 0 Å². The predicted octanol–water partition coefficient (Wildman–Crippen LogP) is 14.6. The first-order valence-electron chi connectivity index (χ1n) is 20.0. The largest absolute Gasteiger partial charge is 0.310 e. The molecule has 1 heteroatoms. The summed E-state index contributed by atoms with van der Waals surface area (Å²) in [7, 11) is 0. The summed E-state index contributed by atoms with van der Waals surface area (Å²) in [5.41, 5.74) is 18.2. The molecule has 2 aliphatic rings. The van der Waals surface area contributed by atoms with Crippen molar-refractivity contribution in [2.75, 3.05) is 4.90 Å². The van der Waals surface area contributed by atoms with Gasteiger partial charge in [-0.05, 0) is 108 Å². The second-order valence-corrected chi connectivity index (χ2v) is 16.1. The molecule has 0 spiro atoms. The summed E-state index contributed by atoms with van der Waals surface area (Å²) in [6.45, 7) is 4.74. The molecular formula is C56H41N. The highest BCUT2D eigenvalue weighted by Crippen LogP contribution is 2.60. The lowest BCUT2D eigenvalue weighted by molar-refractivity contribution is 0.660. The van der Waals surface area contributed by atoms with Crippen molar-refractivity contribution >= 4 is 27.8 Å². The maximum absolute atomic E-state index is 2.52. The molecule has 0 N–H and O–H groups in total. The summed E-state index contributed by atoms with van der Waals surface area (Å²) in [6, 6.07) is 78.8. The molecule has 1 nitrogen and oxygen atoms in total. The van der Waals surface area contributed by atoms with Crippen LogP contribution in [0, 0.1) is 0 Å². The van der Waals surface area contributed by atoms with E-state index < -0.39 is 5.41 Å². The van der Waals surface area contributed by atoms with Crippen molar-refractivity contribution in [1.82, 2.24) is 0 Å². The fourth-order valence-electron chi connectivity index (χ4n) is 10.1. The van der Waals surface area contributed by atoms with Crippen LogP contribution in [0.3, 0.4) is 0 Å². The van der Waals surface area contributed by atoms with Gasteiger partial charge in [-0.3, -0.25) is 0 Å². The van der Waals surface area contributed by atoms with Crippen LogP contribution < -0.4 is 4.90 Å². The van der Waals surface area contributed by atoms with Gasteiger partial charge in [0, 0.05) is 22.4 Å². The van der Waals surface area contributed by atoms with Crippen LogP contribution in [0.2, 0.25) is 0 Å². The van der Waals surface area contributed by atoms with E-state index in [-0.39, 0.29) is 5.41 Å². The number of benzene rings is 9. The highest BCUT2D eigenvalue weighted by Gasteiger charge is 2.47. The molecule has 0 saturated heterocycles. The van der Waals surface area contributed by atoms with E-state index >= 15 is 0 Å². The van der Waals surface area contributed by atoms with Gasteiger partial charge in [-0.1, -0.05) is 190 Å². The Morgan fingerprint density at radius 3 is 1.70 bits per heavy atom. The Morgan fingerprint density at radius 2 is 0.930 bits per heavy atom. The molecule has 270 valence electrons. The summed E-state index contributed by atoms with van der Waals surface area (Å²) in [5.74, 6) is 0. The third-order valence-electron chi connectivity index (χ3n) is 12.7. The summed E-state index contributed by atoms with van der Waals surface area (Å²) < 4.78 is 0. The molecule has 0 aromatic heterocycles. The topological polar surface area (TPSA) is 3.24 Å². The van der Waals surface area contributed by atoms with Crippen LogP contribution in [-0.2, 0) is 10.8 Å². The van der Waals surface area contributed by atoms with E-state index in [1.165, 1.54) is 77.5 Å². The van der Waals surface area contributed by atoms with Crippen LogP contribution in [0.4, 0.5) is 17.1 Å². The monoisotopic (exact) mass is 727 g/mol. The Hall–Kier alpha value is -6.96. The molecule has 11 rings (SSSR count). The zero-order valence-corrected chi connectivity index (χ0v) is 32.2. The normalized spacial score (nSPS) is 14.1. The van der Waals surface area contributed by atoms with Gasteiger partial charge in [0.1, 0.15) is 0 Å². The standard InChI is InChI=1S/C56H41N/c1-55(2)49-27-13-11-25-46(49)47-34-33-45(37-52(47)55)57(44-24-15-19-40(36-44)41-32-31-38-17-9-10-18-39(38)35-41)53-30-16-29-51-54(53)48-26-12-14-28-50(48)56(51,42-20-5-3-6-21-42)43-22-7-4-8-23-43/h3-37H,1-2H3. The lowest BCUT2D eigenvalue weighted by Gasteiger charge is -2.34. The van der Waals surface area contributed by atoms with Gasteiger partial charge >= 0.3 is 0 Å². The number of hydrogen-bond acceptors (Lipinski definition) is 1. The van der Waals surface area contributed by atoms with Crippen LogP contribution in [0.15, 0.2) is 212 Å². The smallest absolute Gasteiger partial charge is 0.0714 e. The summed E-state index contributed by atoms with van der Waals surface area (Å²) in [4.78, 5) is 2.52. The fourth-order valence-corrected chi connectivity index (χ4v) is 10.1. The maximum atomic E-state index is 2.52. The zero-order valence-electron chi connectivity index (χ0n) is 32.2. The Balaban J connectivity index is 1.19. The van der Waals surface area contributed by atoms with Crippen molar-refractivity contribution in [3.63, 3.8) is 0 Å². The Kier molecular flexibility index (Phi) is 7.50. The molecule has 0 heterocycles. The third-order valence-corrected chi connectivity index (χ3v) is 12.7. The first kappa shape index (κ1) is 33.4. The van der Waals surface area contributed by atoms with Crippen LogP contribution in [0.1, 0.15) is 47.2 Å². The van der Waals surface area contributed by atoms with Crippen molar-refractivity contribution in [3.05, 3.63) is 246 Å². The van der Waals surface area contributed by atoms with E-state index in [1.807, 2.05) is 0 Å². The van der Waals surface area contributed by atoms with E-state index in [4.69, 9.17) is 0 Å². The molecule has 0 saturated carbocycles. The zero-order chi connectivity index (χ0) is 38.1. The van der Waals surface area contributed by atoms with Crippen LogP contribution >= 0.6 is 0 Å². The van der Waals surface area contributed by atoms with Crippen molar-refractivity contribution in [1.29, 1.82) is 0 Å². The molecular weight excluding hydrogens is 687 g/mol. The summed E-state index contributed by atoms with van der Waals surface area (Å²) in [5, 5.41) is 2.49. The Bertz CT molecular complexity index is 2950. The van der Waals surface area contributed by atoms with Crippen molar-refractivity contribution in [2.24, 2.45) is 0 Å². The predicted molar refractivity (Wildman–Crippen MR) is 239 cm³/mol. The van der Waals surface area contributed by atoms with Gasteiger partial charge in [-0.2, -0.15) is 0 Å². The SMILES string of the molecule is CC1(C)c2ccccc2-c2ccc(N(c3cccc(-c4ccc5ccccc5c4)c3)c3cccc4c3-c3ccccc3C4(c3ccccc3)c3ccccc3)cc21. The van der Waals surface area contributed by atoms with Gasteiger partial charge in [-0.25, -0.2) is 0 Å². The van der Waals surface area contributed by atoms with Crippen molar-refractivity contribution in [2.45, 2.75) is 24.7 Å². The summed E-state index contributed by atoms with van der Waals surface area (Å²) in [6.07, 6.45) is 0. The molecule has 9 aromatic rings. The molecule has 2 aliphatic carbocycles. The fraction of sp³-hybridized carbons (Fsp3) is 0.0714. The van der Waals surface area contributed by atoms with Crippen LogP contribution in [-0.4, -0.2) is 0 Å². The first-order chi connectivity index (χ1) is 28.0. The van der Waals surface area contributed by atoms with Gasteiger partial charge in [0.15, 0.2) is 0 Å². The number of nitrogens with zero attached hydrogens (tertiary/aromatic N) is 1. The molecule has 0 radical (unpaired) electrons. The Morgan fingerprint density at radius 1 is 0.351 bits per heavy atom. The molecule has 0 fully saturated rings. The first-order valence-corrected chi connectivity index (χ1v) is 20.0. The van der Waals surface area contributed by atoms with Gasteiger partial charge in [-0.15, -0.1) is 0 Å². The lowest BCUT2D eigenvalue weighted by Crippen LogP contribution is -2.28. The lowest BCUT2D eigenvalue weighted by atomic mass is 9.68. The van der Waals surface area contributed by atoms with E-state index in [0.29, 0.717) is 0 Å². The molecule has 9 aromatic carbocycles. The van der Waals surface area contributed by atoms with E-state index in [2.05, 4.69) is 231 Å². The van der Waals surface area contributed by atoms with Gasteiger partial charge in [0.05, 0.1) is 11.1 Å². The minimum Gasteiger partial charge on any atom is -0.310 e. The number of anilines is 3. The third kappa shape index (κ3) is 4.95. The maximum Gasteiger partial charge on any atom is 0.0714 e. The van der Waals surface area contributed by atoms with Gasteiger partial charge in [0.2, 0.25) is 0 Å². The highest BCUT2D eigenvalue weighted by atomic mass is 15.1. The summed E-state index contributed by atoms with van der Waals surface area (Å²) >= 11 is 0. The minimum absolute atomic E-state index is 0.137. The minimum atomic E-state index is -0.495. The van der Waals surface area contributed by atoms with Crippen molar-refractivity contribution in [3.8, 4) is 33.4 Å². The highest BCUT2D eigenvalue weighted by molar-refractivity contribution is 5.98. The number of hydrogen-bond donors (Lipinski definition) is 0. The van der Waals surface area contributed by atoms with Crippen LogP contribution in [0.5, 0.6) is 0 Å². The van der Waals surface area contributed by atoms with E-state index in [0.717, 1.165) is 17.1 Å². The second kappa shape index (κ2) is 12.8. The van der Waals surface area contributed by atoms with E-state index in [9.17, 15) is 0 Å². The molecule has 57 heavy (non-hydrogen) atoms. The molecule has 0 unspecified atom stereocenters. The molecule has 0 bridgehead atoms. The van der Waals surface area contributed by atoms with Gasteiger partial charge in [0.25, 0.3) is 0 Å². The quantitative estimate of drug-likeness (QED) is 0.165. The molecule has 0 aliphatic heterocycles. The second-order valence-electron chi connectivity index (χ2n) is 16.1. The molecule has 0 amide bonds. The Labute approximate surface area is 335 Å².